The largest absolute Gasteiger partial charge is 0.466 e. The van der Waals surface area contributed by atoms with Crippen LogP contribution in [0.3, 0.4) is 0 Å². The standard InChI is InChI=1S/C12H23NO3/c1-2-3-4-5-6-9-16-12(15)8-7-11(14)10-13/h2-10,13H2,1H3. The maximum absolute atomic E-state index is 11.1. The summed E-state index contributed by atoms with van der Waals surface area (Å²) in [5.74, 6) is -0.391. The molecule has 94 valence electrons. The highest BCUT2D eigenvalue weighted by atomic mass is 16.5. The van der Waals surface area contributed by atoms with E-state index in [1.807, 2.05) is 0 Å². The zero-order valence-corrected chi connectivity index (χ0v) is 10.2. The second-order valence-electron chi connectivity index (χ2n) is 3.88. The number of unbranched alkanes of at least 4 members (excludes halogenated alkanes) is 4. The fraction of sp³-hybridized carbons (Fsp3) is 0.833. The highest BCUT2D eigenvalue weighted by Gasteiger charge is 2.06. The number of ether oxygens (including phenoxy) is 1. The van der Waals surface area contributed by atoms with Gasteiger partial charge in [0, 0.05) is 6.42 Å². The zero-order chi connectivity index (χ0) is 12.2. The predicted octanol–water partition coefficient (Wildman–Crippen LogP) is 1.81. The van der Waals surface area contributed by atoms with Crippen LogP contribution in [0.1, 0.15) is 51.9 Å². The van der Waals surface area contributed by atoms with Crippen molar-refractivity contribution >= 4 is 11.8 Å². The van der Waals surface area contributed by atoms with E-state index in [4.69, 9.17) is 10.5 Å². The van der Waals surface area contributed by atoms with Crippen LogP contribution in [0.15, 0.2) is 0 Å². The van der Waals surface area contributed by atoms with Crippen LogP contribution in [0.5, 0.6) is 0 Å². The van der Waals surface area contributed by atoms with Gasteiger partial charge in [0.1, 0.15) is 5.78 Å². The molecule has 0 amide bonds. The molecule has 0 heterocycles. The van der Waals surface area contributed by atoms with Crippen LogP contribution < -0.4 is 5.73 Å². The first-order valence-electron chi connectivity index (χ1n) is 6.08. The van der Waals surface area contributed by atoms with E-state index in [-0.39, 0.29) is 31.1 Å². The molecule has 0 bridgehead atoms. The molecule has 0 aliphatic rings. The molecule has 0 saturated heterocycles. The maximum Gasteiger partial charge on any atom is 0.306 e. The van der Waals surface area contributed by atoms with Crippen LogP contribution in [0, 0.1) is 0 Å². The fourth-order valence-electron chi connectivity index (χ4n) is 1.31. The lowest BCUT2D eigenvalue weighted by Gasteiger charge is -2.04. The molecule has 0 radical (unpaired) electrons. The van der Waals surface area contributed by atoms with Gasteiger partial charge in [-0.1, -0.05) is 32.6 Å². The number of carbonyl (C=O) groups excluding carboxylic acids is 2. The van der Waals surface area contributed by atoms with Gasteiger partial charge in [0.2, 0.25) is 0 Å². The van der Waals surface area contributed by atoms with Crippen LogP contribution in [0.4, 0.5) is 0 Å². The lowest BCUT2D eigenvalue weighted by Crippen LogP contribution is -2.15. The van der Waals surface area contributed by atoms with Gasteiger partial charge in [-0.25, -0.2) is 0 Å². The molecule has 0 saturated carbocycles. The number of ketones is 1. The van der Waals surface area contributed by atoms with Gasteiger partial charge in [-0.05, 0) is 6.42 Å². The minimum atomic E-state index is -0.294. The number of hydrogen-bond donors (Lipinski definition) is 1. The van der Waals surface area contributed by atoms with Gasteiger partial charge in [-0.3, -0.25) is 9.59 Å². The van der Waals surface area contributed by atoms with E-state index in [1.165, 1.54) is 19.3 Å². The molecule has 0 fully saturated rings. The van der Waals surface area contributed by atoms with Crippen molar-refractivity contribution in [1.82, 2.24) is 0 Å². The first-order valence-corrected chi connectivity index (χ1v) is 6.08. The summed E-state index contributed by atoms with van der Waals surface area (Å²) >= 11 is 0. The van der Waals surface area contributed by atoms with Gasteiger partial charge in [0.25, 0.3) is 0 Å². The summed E-state index contributed by atoms with van der Waals surface area (Å²) in [6, 6.07) is 0. The topological polar surface area (TPSA) is 69.4 Å². The Morgan fingerprint density at radius 3 is 2.38 bits per heavy atom. The fourth-order valence-corrected chi connectivity index (χ4v) is 1.31. The summed E-state index contributed by atoms with van der Waals surface area (Å²) in [6.07, 6.45) is 6.01. The van der Waals surface area contributed by atoms with Crippen molar-refractivity contribution in [3.63, 3.8) is 0 Å². The van der Waals surface area contributed by atoms with Crippen LogP contribution in [0.25, 0.3) is 0 Å². The predicted molar refractivity (Wildman–Crippen MR) is 63.0 cm³/mol. The number of hydrogen-bond acceptors (Lipinski definition) is 4. The Morgan fingerprint density at radius 1 is 1.06 bits per heavy atom. The van der Waals surface area contributed by atoms with Crippen LogP contribution in [-0.4, -0.2) is 24.9 Å². The second-order valence-corrected chi connectivity index (χ2v) is 3.88. The second kappa shape index (κ2) is 10.6. The van der Waals surface area contributed by atoms with Crippen LogP contribution >= 0.6 is 0 Å². The van der Waals surface area contributed by atoms with Gasteiger partial charge in [0.15, 0.2) is 0 Å². The Bertz CT molecular complexity index is 204. The third-order valence-electron chi connectivity index (χ3n) is 2.35. The highest BCUT2D eigenvalue weighted by Crippen LogP contribution is 2.03. The molecule has 0 aromatic rings. The molecule has 0 rings (SSSR count). The number of rotatable bonds is 10. The molecule has 0 aromatic heterocycles. The molecule has 0 spiro atoms. The Morgan fingerprint density at radius 2 is 1.75 bits per heavy atom. The molecule has 0 atom stereocenters. The first-order chi connectivity index (χ1) is 7.70. The van der Waals surface area contributed by atoms with Crippen molar-refractivity contribution in [2.75, 3.05) is 13.2 Å². The van der Waals surface area contributed by atoms with Gasteiger partial charge in [0.05, 0.1) is 19.6 Å². The Balaban J connectivity index is 3.27. The summed E-state index contributed by atoms with van der Waals surface area (Å²) in [5.41, 5.74) is 5.12. The van der Waals surface area contributed by atoms with Gasteiger partial charge in [-0.2, -0.15) is 0 Å². The molecule has 0 aliphatic carbocycles. The third kappa shape index (κ3) is 9.65. The van der Waals surface area contributed by atoms with Gasteiger partial charge >= 0.3 is 5.97 Å². The van der Waals surface area contributed by atoms with E-state index in [0.29, 0.717) is 6.61 Å². The van der Waals surface area contributed by atoms with Gasteiger partial charge < -0.3 is 10.5 Å². The van der Waals surface area contributed by atoms with E-state index in [1.54, 1.807) is 0 Å². The summed E-state index contributed by atoms with van der Waals surface area (Å²) in [4.78, 5) is 22.0. The average Bonchev–Trinajstić information content (AvgIpc) is 2.30. The Kier molecular flexibility index (Phi) is 10.0. The van der Waals surface area contributed by atoms with Crippen molar-refractivity contribution in [1.29, 1.82) is 0 Å². The first kappa shape index (κ1) is 15.1. The molecule has 4 heteroatoms. The van der Waals surface area contributed by atoms with Crippen molar-refractivity contribution in [2.24, 2.45) is 5.73 Å². The number of Topliss-reactive ketones (excluding diaryl/α,β-unsaturated/α-hetero) is 1. The lowest BCUT2D eigenvalue weighted by atomic mass is 10.2. The summed E-state index contributed by atoms with van der Waals surface area (Å²) < 4.78 is 4.99. The number of carbonyl (C=O) groups is 2. The zero-order valence-electron chi connectivity index (χ0n) is 10.2. The summed E-state index contributed by atoms with van der Waals surface area (Å²) in [7, 11) is 0. The monoisotopic (exact) mass is 229 g/mol. The van der Waals surface area contributed by atoms with E-state index in [0.717, 1.165) is 12.8 Å². The SMILES string of the molecule is CCCCCCCOC(=O)CCC(=O)CN. The van der Waals surface area contributed by atoms with E-state index >= 15 is 0 Å². The van der Waals surface area contributed by atoms with Crippen LogP contribution in [0.2, 0.25) is 0 Å². The number of nitrogens with two attached hydrogens (primary N) is 1. The molecule has 2 N–H and O–H groups in total. The Hall–Kier alpha value is -0.900. The van der Waals surface area contributed by atoms with Crippen molar-refractivity contribution in [3.8, 4) is 0 Å². The van der Waals surface area contributed by atoms with Crippen molar-refractivity contribution in [2.45, 2.75) is 51.9 Å². The smallest absolute Gasteiger partial charge is 0.306 e. The highest BCUT2D eigenvalue weighted by molar-refractivity contribution is 5.84. The lowest BCUT2D eigenvalue weighted by molar-refractivity contribution is -0.144. The van der Waals surface area contributed by atoms with Crippen LogP contribution in [-0.2, 0) is 14.3 Å². The molecule has 0 aromatic carbocycles. The van der Waals surface area contributed by atoms with E-state index in [9.17, 15) is 9.59 Å². The number of esters is 1. The quantitative estimate of drug-likeness (QED) is 0.458. The summed E-state index contributed by atoms with van der Waals surface area (Å²) in [6.45, 7) is 2.64. The summed E-state index contributed by atoms with van der Waals surface area (Å²) in [5, 5.41) is 0. The molecule has 0 unspecified atom stereocenters. The molecular formula is C12H23NO3. The van der Waals surface area contributed by atoms with Crippen molar-refractivity contribution in [3.05, 3.63) is 0 Å². The third-order valence-corrected chi connectivity index (χ3v) is 2.35. The van der Waals surface area contributed by atoms with Crippen molar-refractivity contribution < 1.29 is 14.3 Å². The van der Waals surface area contributed by atoms with E-state index in [2.05, 4.69) is 6.92 Å². The molecule has 16 heavy (non-hydrogen) atoms. The maximum atomic E-state index is 11.1. The minimum absolute atomic E-state index is 0.00426. The Labute approximate surface area is 97.5 Å². The van der Waals surface area contributed by atoms with E-state index < -0.39 is 0 Å². The average molecular weight is 229 g/mol. The normalized spacial score (nSPS) is 10.1. The van der Waals surface area contributed by atoms with Gasteiger partial charge in [-0.15, -0.1) is 0 Å². The minimum Gasteiger partial charge on any atom is -0.466 e. The molecular weight excluding hydrogens is 206 g/mol. The molecule has 4 nitrogen and oxygen atoms in total. The molecule has 0 aliphatic heterocycles.